The molecule has 1 amide bonds. The van der Waals surface area contributed by atoms with Crippen LogP contribution in [-0.4, -0.2) is 13.0 Å². The molecule has 0 spiro atoms. The number of benzene rings is 2. The average molecular weight is 311 g/mol. The number of hydrogen-bond donors (Lipinski definition) is 1. The topological polar surface area (TPSA) is 38.3 Å². The number of carbonyl (C=O) groups is 1. The van der Waals surface area contributed by atoms with Gasteiger partial charge in [-0.05, 0) is 30.0 Å². The first-order valence-electron chi connectivity index (χ1n) is 8.19. The maximum Gasteiger partial charge on any atom is 0.224 e. The molecule has 2 aromatic rings. The van der Waals surface area contributed by atoms with E-state index in [4.69, 9.17) is 4.74 Å². The Morgan fingerprint density at radius 2 is 1.74 bits per heavy atom. The highest BCUT2D eigenvalue weighted by Gasteiger charge is 2.06. The van der Waals surface area contributed by atoms with Crippen molar-refractivity contribution in [2.75, 3.05) is 7.11 Å². The van der Waals surface area contributed by atoms with Gasteiger partial charge in [0.25, 0.3) is 0 Å². The van der Waals surface area contributed by atoms with Gasteiger partial charge in [0.15, 0.2) is 0 Å². The van der Waals surface area contributed by atoms with Crippen molar-refractivity contribution in [2.24, 2.45) is 0 Å². The highest BCUT2D eigenvalue weighted by molar-refractivity contribution is 5.78. The minimum atomic E-state index is 0.0252. The summed E-state index contributed by atoms with van der Waals surface area (Å²) < 4.78 is 5.29. The number of aryl methyl sites for hydroxylation is 1. The van der Waals surface area contributed by atoms with Crippen molar-refractivity contribution in [3.8, 4) is 5.75 Å². The van der Waals surface area contributed by atoms with E-state index in [1.54, 1.807) is 7.11 Å². The van der Waals surface area contributed by atoms with Gasteiger partial charge in [0, 0.05) is 12.1 Å². The molecule has 1 N–H and O–H groups in total. The van der Waals surface area contributed by atoms with Crippen molar-refractivity contribution in [3.05, 3.63) is 65.2 Å². The van der Waals surface area contributed by atoms with Crippen molar-refractivity contribution in [3.63, 3.8) is 0 Å². The summed E-state index contributed by atoms with van der Waals surface area (Å²) in [7, 11) is 1.64. The van der Waals surface area contributed by atoms with Crippen LogP contribution in [0.25, 0.3) is 0 Å². The summed E-state index contributed by atoms with van der Waals surface area (Å²) in [6, 6.07) is 16.1. The fraction of sp³-hybridized carbons (Fsp3) is 0.350. The van der Waals surface area contributed by atoms with Gasteiger partial charge in [-0.3, -0.25) is 4.79 Å². The van der Waals surface area contributed by atoms with Crippen LogP contribution < -0.4 is 10.1 Å². The second-order valence-electron chi connectivity index (χ2n) is 5.69. The van der Waals surface area contributed by atoms with E-state index >= 15 is 0 Å². The van der Waals surface area contributed by atoms with Crippen LogP contribution in [0.4, 0.5) is 0 Å². The van der Waals surface area contributed by atoms with E-state index in [-0.39, 0.29) is 5.91 Å². The maximum absolute atomic E-state index is 12.1. The summed E-state index contributed by atoms with van der Waals surface area (Å²) in [6.07, 6.45) is 3.92. The number of amides is 1. The van der Waals surface area contributed by atoms with Gasteiger partial charge in [-0.25, -0.2) is 0 Å². The third-order valence-electron chi connectivity index (χ3n) is 3.88. The van der Waals surface area contributed by atoms with Gasteiger partial charge in [-0.1, -0.05) is 55.8 Å². The summed E-state index contributed by atoms with van der Waals surface area (Å²) >= 11 is 0. The van der Waals surface area contributed by atoms with Crippen molar-refractivity contribution in [1.82, 2.24) is 5.32 Å². The molecule has 0 aliphatic carbocycles. The molecular formula is C20H25NO2. The summed E-state index contributed by atoms with van der Waals surface area (Å²) in [5, 5.41) is 2.95. The van der Waals surface area contributed by atoms with E-state index in [1.165, 1.54) is 18.4 Å². The predicted molar refractivity (Wildman–Crippen MR) is 93.6 cm³/mol. The van der Waals surface area contributed by atoms with Gasteiger partial charge in [-0.2, -0.15) is 0 Å². The molecule has 0 aliphatic rings. The minimum Gasteiger partial charge on any atom is -0.496 e. The normalized spacial score (nSPS) is 10.3. The van der Waals surface area contributed by atoms with E-state index in [0.717, 1.165) is 23.3 Å². The predicted octanol–water partition coefficient (Wildman–Crippen LogP) is 3.90. The summed E-state index contributed by atoms with van der Waals surface area (Å²) in [5.41, 5.74) is 3.37. The van der Waals surface area contributed by atoms with Crippen LogP contribution in [0, 0.1) is 0 Å². The third kappa shape index (κ3) is 5.44. The molecule has 0 radical (unpaired) electrons. The molecule has 23 heavy (non-hydrogen) atoms. The molecule has 0 bridgehead atoms. The van der Waals surface area contributed by atoms with Crippen LogP contribution in [0.1, 0.15) is 36.5 Å². The molecule has 0 saturated carbocycles. The van der Waals surface area contributed by atoms with Crippen LogP contribution in [0.5, 0.6) is 5.75 Å². The lowest BCUT2D eigenvalue weighted by atomic mass is 10.0. The number of carbonyl (C=O) groups excluding carboxylic acids is 1. The lowest BCUT2D eigenvalue weighted by Crippen LogP contribution is -2.24. The van der Waals surface area contributed by atoms with Crippen LogP contribution >= 0.6 is 0 Å². The SMILES string of the molecule is CCCCc1ccc(CC(=O)NCc2ccccc2OC)cc1. The van der Waals surface area contributed by atoms with Gasteiger partial charge < -0.3 is 10.1 Å². The quantitative estimate of drug-likeness (QED) is 0.803. The van der Waals surface area contributed by atoms with Crippen molar-refractivity contribution < 1.29 is 9.53 Å². The van der Waals surface area contributed by atoms with Crippen LogP contribution in [0.2, 0.25) is 0 Å². The number of unbranched alkanes of at least 4 members (excludes halogenated alkanes) is 1. The van der Waals surface area contributed by atoms with Crippen LogP contribution in [0.15, 0.2) is 48.5 Å². The summed E-state index contributed by atoms with van der Waals surface area (Å²) in [4.78, 5) is 12.1. The Labute approximate surface area is 138 Å². The van der Waals surface area contributed by atoms with E-state index in [9.17, 15) is 4.79 Å². The third-order valence-corrected chi connectivity index (χ3v) is 3.88. The number of hydrogen-bond acceptors (Lipinski definition) is 2. The standard InChI is InChI=1S/C20H25NO2/c1-3-4-7-16-10-12-17(13-11-16)14-20(22)21-15-18-8-5-6-9-19(18)23-2/h5-6,8-13H,3-4,7,14-15H2,1-2H3,(H,21,22). The Morgan fingerprint density at radius 1 is 1.04 bits per heavy atom. The molecule has 0 fully saturated rings. The second-order valence-corrected chi connectivity index (χ2v) is 5.69. The van der Waals surface area contributed by atoms with Gasteiger partial charge in [-0.15, -0.1) is 0 Å². The smallest absolute Gasteiger partial charge is 0.224 e. The Morgan fingerprint density at radius 3 is 2.43 bits per heavy atom. The molecule has 3 nitrogen and oxygen atoms in total. The molecule has 2 rings (SSSR count). The van der Waals surface area contributed by atoms with Gasteiger partial charge in [0.1, 0.15) is 5.75 Å². The molecule has 0 heterocycles. The Hall–Kier alpha value is -2.29. The molecular weight excluding hydrogens is 286 g/mol. The second kappa shape index (κ2) is 8.99. The first-order chi connectivity index (χ1) is 11.2. The Balaban J connectivity index is 1.84. The van der Waals surface area contributed by atoms with E-state index in [1.807, 2.05) is 36.4 Å². The van der Waals surface area contributed by atoms with Crippen molar-refractivity contribution in [1.29, 1.82) is 0 Å². The Kier molecular flexibility index (Phi) is 6.67. The van der Waals surface area contributed by atoms with Crippen LogP contribution in [-0.2, 0) is 24.2 Å². The number of rotatable bonds is 8. The zero-order chi connectivity index (χ0) is 16.5. The number of para-hydroxylation sites is 1. The van der Waals surface area contributed by atoms with Gasteiger partial charge in [0.2, 0.25) is 5.91 Å². The molecule has 2 aromatic carbocycles. The number of methoxy groups -OCH3 is 1. The zero-order valence-electron chi connectivity index (χ0n) is 14.0. The number of ether oxygens (including phenoxy) is 1. The lowest BCUT2D eigenvalue weighted by molar-refractivity contribution is -0.120. The molecule has 0 aromatic heterocycles. The maximum atomic E-state index is 12.1. The first-order valence-corrected chi connectivity index (χ1v) is 8.19. The highest BCUT2D eigenvalue weighted by Crippen LogP contribution is 2.16. The minimum absolute atomic E-state index is 0.0252. The molecule has 3 heteroatoms. The fourth-order valence-corrected chi connectivity index (χ4v) is 2.50. The first kappa shape index (κ1) is 17.1. The van der Waals surface area contributed by atoms with Crippen LogP contribution in [0.3, 0.4) is 0 Å². The fourth-order valence-electron chi connectivity index (χ4n) is 2.50. The molecule has 0 saturated heterocycles. The monoisotopic (exact) mass is 311 g/mol. The van der Waals surface area contributed by atoms with E-state index in [0.29, 0.717) is 13.0 Å². The summed E-state index contributed by atoms with van der Waals surface area (Å²) in [6.45, 7) is 2.68. The largest absolute Gasteiger partial charge is 0.496 e. The molecule has 0 unspecified atom stereocenters. The molecule has 0 atom stereocenters. The van der Waals surface area contributed by atoms with Gasteiger partial charge in [0.05, 0.1) is 13.5 Å². The van der Waals surface area contributed by atoms with Crippen molar-refractivity contribution in [2.45, 2.75) is 39.2 Å². The molecule has 122 valence electrons. The molecule has 0 aliphatic heterocycles. The van der Waals surface area contributed by atoms with Crippen molar-refractivity contribution >= 4 is 5.91 Å². The number of nitrogens with one attached hydrogen (secondary N) is 1. The highest BCUT2D eigenvalue weighted by atomic mass is 16.5. The average Bonchev–Trinajstić information content (AvgIpc) is 2.59. The zero-order valence-corrected chi connectivity index (χ0v) is 14.0. The van der Waals surface area contributed by atoms with Gasteiger partial charge >= 0.3 is 0 Å². The van der Waals surface area contributed by atoms with E-state index in [2.05, 4.69) is 24.4 Å². The lowest BCUT2D eigenvalue weighted by Gasteiger charge is -2.10. The Bertz CT molecular complexity index is 620. The van der Waals surface area contributed by atoms with E-state index < -0.39 is 0 Å². The summed E-state index contributed by atoms with van der Waals surface area (Å²) in [5.74, 6) is 0.824.